The molecule has 2 heterocycles. The van der Waals surface area contributed by atoms with Crippen molar-refractivity contribution in [3.05, 3.63) is 16.1 Å². The molecule has 0 atom stereocenters. The third-order valence-corrected chi connectivity index (χ3v) is 4.56. The van der Waals surface area contributed by atoms with Crippen molar-refractivity contribution in [2.45, 2.75) is 0 Å². The molecule has 0 aliphatic carbocycles. The molecule has 2 aromatic heterocycles. The zero-order valence-electron chi connectivity index (χ0n) is 10.2. The Hall–Kier alpha value is -0.500. The van der Waals surface area contributed by atoms with Gasteiger partial charge in [0.2, 0.25) is 5.88 Å². The predicted molar refractivity (Wildman–Crippen MR) is 82.3 cm³/mol. The molecule has 4 nitrogen and oxygen atoms in total. The van der Waals surface area contributed by atoms with Crippen molar-refractivity contribution in [1.82, 2.24) is 15.0 Å². The lowest BCUT2D eigenvalue weighted by atomic mass is 10.4. The Morgan fingerprint density at radius 1 is 1.35 bits per heavy atom. The number of hydrogen-bond acceptors (Lipinski definition) is 3. The number of hydrogen-bond donors (Lipinski definition) is 1. The molecule has 6 heteroatoms. The zero-order chi connectivity index (χ0) is 12.5. The molecule has 0 unspecified atom stereocenters. The van der Waals surface area contributed by atoms with Gasteiger partial charge in [-0.3, -0.25) is 0 Å². The van der Waals surface area contributed by atoms with E-state index in [1.165, 1.54) is 6.33 Å². The highest BCUT2D eigenvalue weighted by Crippen LogP contribution is 2.34. The van der Waals surface area contributed by atoms with E-state index < -0.39 is 10.0 Å². The third kappa shape index (κ3) is 3.25. The SMILES string of the molecule is CS(C)(C)CCOc1ncnc2[nH]cc(I)c12. The van der Waals surface area contributed by atoms with Crippen LogP contribution in [-0.4, -0.2) is 46.1 Å². The molecule has 0 bridgehead atoms. The highest BCUT2D eigenvalue weighted by Gasteiger charge is 2.11. The normalized spacial score (nSPS) is 12.9. The van der Waals surface area contributed by atoms with Crippen LogP contribution >= 0.6 is 32.6 Å². The number of halogens is 1. The van der Waals surface area contributed by atoms with Gasteiger partial charge in [0, 0.05) is 15.5 Å². The molecular formula is C11H16IN3OS. The van der Waals surface area contributed by atoms with Crippen LogP contribution in [-0.2, 0) is 0 Å². The summed E-state index contributed by atoms with van der Waals surface area (Å²) in [5, 5.41) is 0.983. The molecule has 2 rings (SSSR count). The van der Waals surface area contributed by atoms with Crippen molar-refractivity contribution in [2.24, 2.45) is 0 Å². The first-order chi connectivity index (χ1) is 7.97. The Morgan fingerprint density at radius 3 is 2.82 bits per heavy atom. The fourth-order valence-electron chi connectivity index (χ4n) is 1.40. The Labute approximate surface area is 116 Å². The summed E-state index contributed by atoms with van der Waals surface area (Å²) in [5.41, 5.74) is 0.836. The highest BCUT2D eigenvalue weighted by molar-refractivity contribution is 14.1. The van der Waals surface area contributed by atoms with E-state index in [0.717, 1.165) is 20.4 Å². The molecule has 0 fully saturated rings. The van der Waals surface area contributed by atoms with E-state index in [1.54, 1.807) is 0 Å². The number of ether oxygens (including phenoxy) is 1. The second kappa shape index (κ2) is 5.01. The molecule has 0 saturated carbocycles. The van der Waals surface area contributed by atoms with Crippen molar-refractivity contribution in [3.8, 4) is 5.88 Å². The number of fused-ring (bicyclic) bond motifs is 1. The van der Waals surface area contributed by atoms with E-state index in [2.05, 4.69) is 56.3 Å². The molecule has 0 aliphatic rings. The van der Waals surface area contributed by atoms with Crippen molar-refractivity contribution in [3.63, 3.8) is 0 Å². The summed E-state index contributed by atoms with van der Waals surface area (Å²) in [6.07, 6.45) is 10.3. The van der Waals surface area contributed by atoms with Crippen LogP contribution in [0, 0.1) is 3.57 Å². The summed E-state index contributed by atoms with van der Waals surface area (Å²) in [6.45, 7) is 0.714. The molecule has 1 N–H and O–H groups in total. The minimum atomic E-state index is -0.522. The van der Waals surface area contributed by atoms with Crippen LogP contribution in [0.15, 0.2) is 12.5 Å². The largest absolute Gasteiger partial charge is 0.476 e. The number of H-pyrrole nitrogens is 1. The monoisotopic (exact) mass is 365 g/mol. The van der Waals surface area contributed by atoms with E-state index in [-0.39, 0.29) is 0 Å². The fourth-order valence-corrected chi connectivity index (χ4v) is 2.62. The lowest BCUT2D eigenvalue weighted by molar-refractivity contribution is 0.334. The van der Waals surface area contributed by atoms with Gasteiger partial charge in [-0.2, -0.15) is 0 Å². The van der Waals surface area contributed by atoms with Crippen molar-refractivity contribution in [2.75, 3.05) is 31.1 Å². The van der Waals surface area contributed by atoms with Gasteiger partial charge in [-0.1, -0.05) is 0 Å². The molecule has 17 heavy (non-hydrogen) atoms. The zero-order valence-corrected chi connectivity index (χ0v) is 13.1. The van der Waals surface area contributed by atoms with Gasteiger partial charge in [0.25, 0.3) is 0 Å². The molecular weight excluding hydrogens is 349 g/mol. The second-order valence-corrected chi connectivity index (χ2v) is 10.4. The molecule has 2 aromatic rings. The predicted octanol–water partition coefficient (Wildman–Crippen LogP) is 2.64. The van der Waals surface area contributed by atoms with Gasteiger partial charge in [-0.05, 0) is 41.4 Å². The van der Waals surface area contributed by atoms with Crippen LogP contribution in [0.25, 0.3) is 11.0 Å². The highest BCUT2D eigenvalue weighted by atomic mass is 127. The van der Waals surface area contributed by atoms with Crippen LogP contribution in [0.1, 0.15) is 0 Å². The summed E-state index contributed by atoms with van der Waals surface area (Å²) in [5.74, 6) is 1.77. The van der Waals surface area contributed by atoms with Gasteiger partial charge in [0.1, 0.15) is 12.0 Å². The molecule has 0 radical (unpaired) electrons. The average molecular weight is 365 g/mol. The Kier molecular flexibility index (Phi) is 3.82. The van der Waals surface area contributed by atoms with Crippen LogP contribution in [0.5, 0.6) is 5.88 Å². The quantitative estimate of drug-likeness (QED) is 0.848. The Bertz CT molecular complexity index is 521. The Morgan fingerprint density at radius 2 is 2.12 bits per heavy atom. The van der Waals surface area contributed by atoms with Crippen molar-refractivity contribution < 1.29 is 4.74 Å². The van der Waals surface area contributed by atoms with Crippen molar-refractivity contribution in [1.29, 1.82) is 0 Å². The summed E-state index contributed by atoms with van der Waals surface area (Å²) >= 11 is 2.26. The number of nitrogens with one attached hydrogen (secondary N) is 1. The molecule has 0 aromatic carbocycles. The van der Waals surface area contributed by atoms with E-state index >= 15 is 0 Å². The minimum Gasteiger partial charge on any atom is -0.476 e. The van der Waals surface area contributed by atoms with Crippen LogP contribution in [0.3, 0.4) is 0 Å². The maximum atomic E-state index is 5.78. The summed E-state index contributed by atoms with van der Waals surface area (Å²) in [6, 6.07) is 0. The van der Waals surface area contributed by atoms with Gasteiger partial charge in [0.05, 0.1) is 12.0 Å². The number of nitrogens with zero attached hydrogens (tertiary/aromatic N) is 2. The van der Waals surface area contributed by atoms with E-state index in [9.17, 15) is 0 Å². The maximum Gasteiger partial charge on any atom is 0.227 e. The van der Waals surface area contributed by atoms with Crippen molar-refractivity contribution >= 4 is 43.7 Å². The van der Waals surface area contributed by atoms with Gasteiger partial charge < -0.3 is 9.72 Å². The minimum absolute atomic E-state index is 0.522. The molecule has 94 valence electrons. The Balaban J connectivity index is 2.16. The number of aromatic nitrogens is 3. The first-order valence-corrected chi connectivity index (χ1v) is 9.34. The van der Waals surface area contributed by atoms with E-state index in [4.69, 9.17) is 4.74 Å². The molecule has 0 spiro atoms. The lowest BCUT2D eigenvalue weighted by Crippen LogP contribution is -2.10. The van der Waals surface area contributed by atoms with Crippen LogP contribution in [0.4, 0.5) is 0 Å². The summed E-state index contributed by atoms with van der Waals surface area (Å²) in [7, 11) is -0.522. The first kappa shape index (κ1) is 12.9. The van der Waals surface area contributed by atoms with Gasteiger partial charge in [-0.25, -0.2) is 20.0 Å². The maximum absolute atomic E-state index is 5.78. The third-order valence-electron chi connectivity index (χ3n) is 2.32. The van der Waals surface area contributed by atoms with Crippen LogP contribution in [0.2, 0.25) is 0 Å². The van der Waals surface area contributed by atoms with E-state index in [0.29, 0.717) is 12.5 Å². The topological polar surface area (TPSA) is 50.8 Å². The average Bonchev–Trinajstić information content (AvgIpc) is 2.60. The van der Waals surface area contributed by atoms with Gasteiger partial charge in [0.15, 0.2) is 0 Å². The van der Waals surface area contributed by atoms with Crippen LogP contribution < -0.4 is 4.74 Å². The smallest absolute Gasteiger partial charge is 0.227 e. The van der Waals surface area contributed by atoms with Gasteiger partial charge >= 0.3 is 0 Å². The second-order valence-electron chi connectivity index (χ2n) is 4.68. The first-order valence-electron chi connectivity index (χ1n) is 5.24. The number of aromatic amines is 1. The number of rotatable bonds is 4. The molecule has 0 saturated heterocycles. The van der Waals surface area contributed by atoms with Gasteiger partial charge in [-0.15, -0.1) is 0 Å². The lowest BCUT2D eigenvalue weighted by Gasteiger charge is -2.24. The van der Waals surface area contributed by atoms with E-state index in [1.807, 2.05) is 6.20 Å². The molecule has 0 aliphatic heterocycles. The summed E-state index contributed by atoms with van der Waals surface area (Å²) in [4.78, 5) is 11.5. The molecule has 0 amide bonds. The summed E-state index contributed by atoms with van der Waals surface area (Å²) < 4.78 is 6.87. The standard InChI is InChI=1S/C11H16IN3OS/c1-17(2,3)5-4-16-11-9-8(12)6-13-10(9)14-7-15-11/h6-7H,4-5H2,1-3H3,(H,13,14,15). The fraction of sp³-hybridized carbons (Fsp3) is 0.455.